The third kappa shape index (κ3) is 2.52. The molecule has 0 N–H and O–H groups in total. The minimum Gasteiger partial charge on any atom is -0.196 e. The summed E-state index contributed by atoms with van der Waals surface area (Å²) >= 11 is 0. The van der Waals surface area contributed by atoms with E-state index < -0.39 is 6.85 Å². The zero-order chi connectivity index (χ0) is 18.2. The van der Waals surface area contributed by atoms with Crippen molar-refractivity contribution in [2.75, 3.05) is 0 Å². The average Bonchev–Trinajstić information content (AvgIpc) is 2.56. The Labute approximate surface area is 136 Å². The molecule has 0 fully saturated rings. The number of pyridine rings is 2. The Kier molecular flexibility index (Phi) is 2.90. The summed E-state index contributed by atoms with van der Waals surface area (Å²) in [5.41, 5.74) is 5.65. The van der Waals surface area contributed by atoms with Crippen LogP contribution in [0.5, 0.6) is 0 Å². The van der Waals surface area contributed by atoms with Gasteiger partial charge >= 0.3 is 0 Å². The van der Waals surface area contributed by atoms with E-state index in [1.807, 2.05) is 42.9 Å². The Hall–Kier alpha value is -2.48. The summed E-state index contributed by atoms with van der Waals surface area (Å²) in [5, 5.41) is 0. The van der Waals surface area contributed by atoms with E-state index in [2.05, 4.69) is 29.7 Å². The zero-order valence-corrected chi connectivity index (χ0v) is 13.2. The number of nitrogens with zero attached hydrogens (tertiary/aromatic N) is 2. The van der Waals surface area contributed by atoms with Gasteiger partial charge < -0.3 is 0 Å². The summed E-state index contributed by atoms with van der Waals surface area (Å²) in [6.07, 6.45) is 1.80. The summed E-state index contributed by atoms with van der Waals surface area (Å²) in [6, 6.07) is 17.8. The minimum atomic E-state index is -2.12. The molecule has 0 unspecified atom stereocenters. The third-order valence-electron chi connectivity index (χ3n) is 4.06. The van der Waals surface area contributed by atoms with E-state index in [4.69, 9.17) is 4.11 Å². The van der Waals surface area contributed by atoms with Crippen molar-refractivity contribution in [1.82, 2.24) is 0 Å². The molecule has 2 heterocycles. The number of aromatic nitrogens is 2. The molecule has 0 radical (unpaired) electrons. The Morgan fingerprint density at radius 1 is 0.864 bits per heavy atom. The highest BCUT2D eigenvalue weighted by atomic mass is 15.0. The van der Waals surface area contributed by atoms with Crippen molar-refractivity contribution in [3.05, 3.63) is 71.9 Å². The van der Waals surface area contributed by atoms with Gasteiger partial charge in [0.2, 0.25) is 5.69 Å². The maximum Gasteiger partial charge on any atom is 0.277 e. The highest BCUT2D eigenvalue weighted by molar-refractivity contribution is 5.62. The maximum absolute atomic E-state index is 7.68. The molecule has 0 saturated heterocycles. The molecule has 2 nitrogen and oxygen atoms in total. The van der Waals surface area contributed by atoms with Gasteiger partial charge in [0.15, 0.2) is 6.20 Å². The summed E-state index contributed by atoms with van der Waals surface area (Å²) < 4.78 is 27.1. The normalized spacial score (nSPS) is 13.3. The molecule has 3 rings (SSSR count). The van der Waals surface area contributed by atoms with Gasteiger partial charge in [-0.1, -0.05) is 18.2 Å². The first-order valence-corrected chi connectivity index (χ1v) is 7.34. The predicted molar refractivity (Wildman–Crippen MR) is 89.1 cm³/mol. The van der Waals surface area contributed by atoms with Crippen LogP contribution in [-0.2, 0) is 14.1 Å². The molecule has 0 aliphatic heterocycles. The van der Waals surface area contributed by atoms with Crippen molar-refractivity contribution < 1.29 is 13.2 Å². The predicted octanol–water partition coefficient (Wildman–Crippen LogP) is 3.29. The van der Waals surface area contributed by atoms with Crippen LogP contribution >= 0.6 is 0 Å². The SMILES string of the molecule is [2H]C([2H])([2H])c1cc[n+](C)c(-c2cccc(-c3ccccc3C)[n+]2C)c1. The van der Waals surface area contributed by atoms with Crippen LogP contribution in [0.1, 0.15) is 15.2 Å². The van der Waals surface area contributed by atoms with Crippen LogP contribution in [0.15, 0.2) is 60.8 Å². The molecule has 0 aliphatic carbocycles. The summed E-state index contributed by atoms with van der Waals surface area (Å²) in [6.45, 7) is -0.0214. The van der Waals surface area contributed by atoms with Crippen LogP contribution in [0.25, 0.3) is 22.6 Å². The van der Waals surface area contributed by atoms with Gasteiger partial charge in [-0.25, -0.2) is 0 Å². The largest absolute Gasteiger partial charge is 0.277 e. The monoisotopic (exact) mass is 293 g/mol. The highest BCUT2D eigenvalue weighted by Crippen LogP contribution is 2.22. The molecule has 110 valence electrons. The molecule has 0 saturated carbocycles. The lowest BCUT2D eigenvalue weighted by atomic mass is 10.0. The number of benzene rings is 1. The molecule has 2 heteroatoms. The lowest BCUT2D eigenvalue weighted by Gasteiger charge is -2.07. The number of hydrogen-bond donors (Lipinski definition) is 0. The van der Waals surface area contributed by atoms with Crippen LogP contribution < -0.4 is 9.13 Å². The van der Waals surface area contributed by atoms with E-state index in [-0.39, 0.29) is 0 Å². The molecule has 0 atom stereocenters. The molecule has 0 bridgehead atoms. The van der Waals surface area contributed by atoms with Crippen molar-refractivity contribution in [3.63, 3.8) is 0 Å². The van der Waals surface area contributed by atoms with Crippen molar-refractivity contribution in [2.24, 2.45) is 14.1 Å². The Morgan fingerprint density at radius 2 is 1.64 bits per heavy atom. The molecule has 3 aromatic rings. The fourth-order valence-corrected chi connectivity index (χ4v) is 2.80. The van der Waals surface area contributed by atoms with E-state index in [1.165, 1.54) is 11.1 Å². The smallest absolute Gasteiger partial charge is 0.196 e. The van der Waals surface area contributed by atoms with Crippen LogP contribution in [0.3, 0.4) is 0 Å². The maximum atomic E-state index is 7.68. The van der Waals surface area contributed by atoms with E-state index in [0.29, 0.717) is 5.56 Å². The van der Waals surface area contributed by atoms with Gasteiger partial charge in [-0.3, -0.25) is 0 Å². The average molecular weight is 293 g/mol. The third-order valence-corrected chi connectivity index (χ3v) is 4.06. The fraction of sp³-hybridized carbons (Fsp3) is 0.200. The highest BCUT2D eigenvalue weighted by Gasteiger charge is 2.23. The summed E-state index contributed by atoms with van der Waals surface area (Å²) in [5.74, 6) is 0. The molecule has 1 aromatic carbocycles. The van der Waals surface area contributed by atoms with Crippen LogP contribution in [0.2, 0.25) is 0 Å². The molecule has 0 spiro atoms. The second kappa shape index (κ2) is 5.72. The van der Waals surface area contributed by atoms with E-state index in [0.717, 1.165) is 17.1 Å². The molecular formula is C20H22N2+2. The van der Waals surface area contributed by atoms with Crippen molar-refractivity contribution in [3.8, 4) is 22.6 Å². The van der Waals surface area contributed by atoms with Crippen molar-refractivity contribution >= 4 is 0 Å². The van der Waals surface area contributed by atoms with Gasteiger partial charge in [-0.2, -0.15) is 9.13 Å². The van der Waals surface area contributed by atoms with Crippen LogP contribution in [-0.4, -0.2) is 0 Å². The number of hydrogen-bond acceptors (Lipinski definition) is 0. The quantitative estimate of drug-likeness (QED) is 0.641. The molecule has 0 aliphatic rings. The second-order valence-electron chi connectivity index (χ2n) is 5.58. The Balaban J connectivity index is 2.20. The first-order valence-electron chi connectivity index (χ1n) is 8.84. The van der Waals surface area contributed by atoms with Gasteiger partial charge in [0, 0.05) is 33.9 Å². The molecule has 22 heavy (non-hydrogen) atoms. The first kappa shape index (κ1) is 11.1. The van der Waals surface area contributed by atoms with Gasteiger partial charge in [-0.15, -0.1) is 0 Å². The van der Waals surface area contributed by atoms with Gasteiger partial charge in [0.25, 0.3) is 11.4 Å². The lowest BCUT2D eigenvalue weighted by molar-refractivity contribution is -0.685. The molecule has 2 aromatic heterocycles. The lowest BCUT2D eigenvalue weighted by Crippen LogP contribution is -2.40. The van der Waals surface area contributed by atoms with Gasteiger partial charge in [0.05, 0.1) is 0 Å². The van der Waals surface area contributed by atoms with Crippen LogP contribution in [0, 0.1) is 13.8 Å². The van der Waals surface area contributed by atoms with Gasteiger partial charge in [0.1, 0.15) is 14.1 Å². The summed E-state index contributed by atoms with van der Waals surface area (Å²) in [7, 11) is 3.94. The Bertz CT molecular complexity index is 930. The summed E-state index contributed by atoms with van der Waals surface area (Å²) in [4.78, 5) is 0. The molecule has 0 amide bonds. The molecular weight excluding hydrogens is 268 g/mol. The van der Waals surface area contributed by atoms with E-state index in [9.17, 15) is 0 Å². The zero-order valence-electron chi connectivity index (χ0n) is 16.2. The van der Waals surface area contributed by atoms with E-state index >= 15 is 0 Å². The van der Waals surface area contributed by atoms with E-state index in [1.54, 1.807) is 18.3 Å². The standard InChI is InChI=1S/C20H22N2/c1-15-12-13-21(3)20(14-15)19-11-7-10-18(22(19)4)17-9-6-5-8-16(17)2/h5-14H,1-4H3/q+2/i1D3. The fourth-order valence-electron chi connectivity index (χ4n) is 2.80. The van der Waals surface area contributed by atoms with Crippen LogP contribution in [0.4, 0.5) is 0 Å². The Morgan fingerprint density at radius 3 is 2.41 bits per heavy atom. The first-order chi connectivity index (χ1) is 11.8. The van der Waals surface area contributed by atoms with Crippen molar-refractivity contribution in [1.29, 1.82) is 0 Å². The van der Waals surface area contributed by atoms with Crippen molar-refractivity contribution in [2.45, 2.75) is 13.8 Å². The van der Waals surface area contributed by atoms with Gasteiger partial charge in [-0.05, 0) is 37.0 Å². The number of aryl methyl sites for hydroxylation is 3. The topological polar surface area (TPSA) is 7.76 Å². The number of rotatable bonds is 2. The second-order valence-corrected chi connectivity index (χ2v) is 5.58. The minimum absolute atomic E-state index is 0.349.